The molecule has 4 aromatic carbocycles. The summed E-state index contributed by atoms with van der Waals surface area (Å²) in [5.74, 6) is -2.08. The molecule has 0 radical (unpaired) electrons. The molecular formula is C37H33F3N4O3. The first-order valence-electron chi connectivity index (χ1n) is 15.4. The summed E-state index contributed by atoms with van der Waals surface area (Å²) in [4.78, 5) is 48.7. The summed E-state index contributed by atoms with van der Waals surface area (Å²) >= 11 is 0. The lowest BCUT2D eigenvalue weighted by Crippen LogP contribution is -2.52. The second-order valence-corrected chi connectivity index (χ2v) is 11.9. The topological polar surface area (TPSA) is 96.6 Å². The summed E-state index contributed by atoms with van der Waals surface area (Å²) < 4.78 is 43.4. The van der Waals surface area contributed by atoms with Crippen LogP contribution in [0.15, 0.2) is 103 Å². The quantitative estimate of drug-likeness (QED) is 0.228. The number of amides is 3. The highest BCUT2D eigenvalue weighted by molar-refractivity contribution is 5.95. The van der Waals surface area contributed by atoms with E-state index in [1.54, 1.807) is 31.3 Å². The summed E-state index contributed by atoms with van der Waals surface area (Å²) in [5, 5.41) is 2.61. The number of hydrogen-bond acceptors (Lipinski definition) is 4. The van der Waals surface area contributed by atoms with Gasteiger partial charge in [0, 0.05) is 30.6 Å². The number of rotatable bonds is 7. The van der Waals surface area contributed by atoms with Gasteiger partial charge in [-0.2, -0.15) is 13.2 Å². The van der Waals surface area contributed by atoms with Crippen molar-refractivity contribution in [1.29, 1.82) is 0 Å². The minimum atomic E-state index is -4.80. The number of fused-ring (bicyclic) bond motifs is 2. The van der Waals surface area contributed by atoms with Crippen LogP contribution in [-0.4, -0.2) is 51.1 Å². The molecule has 2 N–H and O–H groups in total. The molecule has 1 saturated heterocycles. The summed E-state index contributed by atoms with van der Waals surface area (Å²) in [5.41, 5.74) is 6.69. The minimum Gasteiger partial charge on any atom is -0.368 e. The molecule has 240 valence electrons. The number of pyridine rings is 1. The summed E-state index contributed by atoms with van der Waals surface area (Å²) in [6.45, 7) is 1.74. The van der Waals surface area contributed by atoms with E-state index >= 15 is 0 Å². The van der Waals surface area contributed by atoms with Crippen molar-refractivity contribution in [3.05, 3.63) is 126 Å². The number of carbonyl (C=O) groups excluding carboxylic acids is 3. The first-order valence-corrected chi connectivity index (χ1v) is 15.4. The van der Waals surface area contributed by atoms with Crippen molar-refractivity contribution in [1.82, 2.24) is 14.8 Å². The number of primary amides is 1. The van der Waals surface area contributed by atoms with E-state index in [4.69, 9.17) is 5.73 Å². The Labute approximate surface area is 269 Å². The molecule has 2 heterocycles. The molecule has 1 aliphatic rings. The number of halogens is 3. The zero-order valence-electron chi connectivity index (χ0n) is 25.7. The maximum atomic E-state index is 14.7. The predicted octanol–water partition coefficient (Wildman–Crippen LogP) is 6.24. The normalized spacial score (nSPS) is 17.9. The number of nitrogens with two attached hydrogens (primary N) is 1. The van der Waals surface area contributed by atoms with Gasteiger partial charge in [0.05, 0.1) is 17.5 Å². The van der Waals surface area contributed by atoms with Gasteiger partial charge in [0.1, 0.15) is 12.1 Å². The van der Waals surface area contributed by atoms with E-state index in [0.29, 0.717) is 5.56 Å². The van der Waals surface area contributed by atoms with Crippen molar-refractivity contribution in [2.75, 3.05) is 6.54 Å². The van der Waals surface area contributed by atoms with Gasteiger partial charge in [-0.3, -0.25) is 19.4 Å². The van der Waals surface area contributed by atoms with Gasteiger partial charge >= 0.3 is 6.18 Å². The van der Waals surface area contributed by atoms with Gasteiger partial charge in [-0.15, -0.1) is 0 Å². The fraction of sp³-hybridized carbons (Fsp3) is 0.243. The van der Waals surface area contributed by atoms with Crippen LogP contribution in [0, 0.1) is 0 Å². The Morgan fingerprint density at radius 1 is 0.936 bits per heavy atom. The smallest absolute Gasteiger partial charge is 0.368 e. The van der Waals surface area contributed by atoms with Gasteiger partial charge in [-0.25, -0.2) is 0 Å². The van der Waals surface area contributed by atoms with Crippen LogP contribution >= 0.6 is 0 Å². The highest BCUT2D eigenvalue weighted by Crippen LogP contribution is 2.40. The van der Waals surface area contributed by atoms with Crippen LogP contribution in [-0.2, 0) is 33.4 Å². The number of carbonyl (C=O) groups is 3. The average Bonchev–Trinajstić information content (AvgIpc) is 3.18. The summed E-state index contributed by atoms with van der Waals surface area (Å²) in [6, 6.07) is 23.5. The Morgan fingerprint density at radius 3 is 2.45 bits per heavy atom. The fourth-order valence-corrected chi connectivity index (χ4v) is 6.63. The standard InChI is InChI=1S/C37H33F3N4O3/c1-23-17-19-43(32(35(41)46)22-26-10-6-9-25-8-2-3-12-28(25)26)36(47)34(29-13-4-5-14-30(29)37(38,39)40)44(23)33(45)21-24-15-16-31-27(20-24)11-7-18-42-31/h2-16,18,20,23,32,34H,17,19,21-22H2,1H3,(H2,41,46)/t23-,32-,34+/m1/s1. The zero-order chi connectivity index (χ0) is 33.3. The summed E-state index contributed by atoms with van der Waals surface area (Å²) in [6.07, 6.45) is -3.01. The van der Waals surface area contributed by atoms with Crippen molar-refractivity contribution in [3.63, 3.8) is 0 Å². The van der Waals surface area contributed by atoms with Crippen molar-refractivity contribution in [2.45, 2.75) is 50.5 Å². The van der Waals surface area contributed by atoms with E-state index in [1.165, 1.54) is 28.0 Å². The number of benzene rings is 4. The number of aromatic nitrogens is 1. The molecule has 47 heavy (non-hydrogen) atoms. The number of nitrogens with zero attached hydrogens (tertiary/aromatic N) is 3. The highest BCUT2D eigenvalue weighted by atomic mass is 19.4. The van der Waals surface area contributed by atoms with Gasteiger partial charge in [0.2, 0.25) is 11.8 Å². The maximum absolute atomic E-state index is 14.7. The molecule has 7 nitrogen and oxygen atoms in total. The van der Waals surface area contributed by atoms with Gasteiger partial charge in [0.25, 0.3) is 5.91 Å². The van der Waals surface area contributed by atoms with Gasteiger partial charge in [-0.05, 0) is 65.1 Å². The Hall–Kier alpha value is -5.25. The van der Waals surface area contributed by atoms with Crippen LogP contribution in [0.3, 0.4) is 0 Å². The largest absolute Gasteiger partial charge is 0.416 e. The molecule has 1 fully saturated rings. The Morgan fingerprint density at radius 2 is 1.66 bits per heavy atom. The minimum absolute atomic E-state index is 0.0223. The van der Waals surface area contributed by atoms with Gasteiger partial charge < -0.3 is 15.5 Å². The first kappa shape index (κ1) is 31.7. The van der Waals surface area contributed by atoms with E-state index in [2.05, 4.69) is 4.98 Å². The van der Waals surface area contributed by atoms with E-state index in [9.17, 15) is 27.6 Å². The fourth-order valence-electron chi connectivity index (χ4n) is 6.63. The van der Waals surface area contributed by atoms with E-state index < -0.39 is 47.6 Å². The van der Waals surface area contributed by atoms with Crippen molar-refractivity contribution in [2.24, 2.45) is 5.73 Å². The SMILES string of the molecule is C[C@@H]1CCN([C@H](Cc2cccc3ccccc23)C(N)=O)C(=O)[C@H](c2ccccc2C(F)(F)F)N1C(=O)Cc1ccc2ncccc2c1. The molecule has 3 atom stereocenters. The van der Waals surface area contributed by atoms with Gasteiger partial charge in [0.15, 0.2) is 0 Å². The van der Waals surface area contributed by atoms with Crippen molar-refractivity contribution in [3.8, 4) is 0 Å². The number of hydrogen-bond donors (Lipinski definition) is 1. The summed E-state index contributed by atoms with van der Waals surface area (Å²) in [7, 11) is 0. The molecule has 0 bridgehead atoms. The van der Waals surface area contributed by atoms with Gasteiger partial charge in [-0.1, -0.05) is 72.8 Å². The monoisotopic (exact) mass is 638 g/mol. The molecule has 10 heteroatoms. The second-order valence-electron chi connectivity index (χ2n) is 11.9. The molecule has 0 aliphatic carbocycles. The third-order valence-electron chi connectivity index (χ3n) is 8.93. The van der Waals surface area contributed by atoms with Crippen molar-refractivity contribution < 1.29 is 27.6 Å². The number of alkyl halides is 3. The Kier molecular flexibility index (Phi) is 8.68. The Balaban J connectivity index is 1.43. The molecule has 1 aromatic heterocycles. The third-order valence-corrected chi connectivity index (χ3v) is 8.93. The van der Waals surface area contributed by atoms with E-state index in [-0.39, 0.29) is 31.4 Å². The predicted molar refractivity (Wildman–Crippen MR) is 173 cm³/mol. The van der Waals surface area contributed by atoms with E-state index in [1.807, 2.05) is 54.6 Å². The molecule has 5 aromatic rings. The lowest BCUT2D eigenvalue weighted by Gasteiger charge is -2.37. The van der Waals surface area contributed by atoms with E-state index in [0.717, 1.165) is 33.3 Å². The zero-order valence-corrected chi connectivity index (χ0v) is 25.7. The van der Waals surface area contributed by atoms with Crippen LogP contribution in [0.4, 0.5) is 13.2 Å². The Bertz CT molecular complexity index is 1970. The van der Waals surface area contributed by atoms with Crippen LogP contribution in [0.2, 0.25) is 0 Å². The average molecular weight is 639 g/mol. The lowest BCUT2D eigenvalue weighted by molar-refractivity contribution is -0.150. The molecule has 0 spiro atoms. The first-order chi connectivity index (χ1) is 22.5. The van der Waals surface area contributed by atoms with Crippen LogP contribution < -0.4 is 5.73 Å². The molecule has 6 rings (SSSR count). The molecule has 0 saturated carbocycles. The molecule has 0 unspecified atom stereocenters. The second kappa shape index (κ2) is 12.9. The van der Waals surface area contributed by atoms with Crippen molar-refractivity contribution >= 4 is 39.4 Å². The van der Waals surface area contributed by atoms with Crippen LogP contribution in [0.25, 0.3) is 21.7 Å². The highest BCUT2D eigenvalue weighted by Gasteiger charge is 2.46. The lowest BCUT2D eigenvalue weighted by atomic mass is 9.94. The van der Waals surface area contributed by atoms with Crippen LogP contribution in [0.1, 0.15) is 41.6 Å². The third kappa shape index (κ3) is 6.40. The maximum Gasteiger partial charge on any atom is 0.416 e. The molecule has 1 aliphatic heterocycles. The molecular weight excluding hydrogens is 605 g/mol. The van der Waals surface area contributed by atoms with Crippen LogP contribution in [0.5, 0.6) is 0 Å². The molecule has 3 amide bonds.